The first kappa shape index (κ1) is 16.9. The van der Waals surface area contributed by atoms with Gasteiger partial charge in [-0.2, -0.15) is 0 Å². The zero-order valence-electron chi connectivity index (χ0n) is 11.9. The van der Waals surface area contributed by atoms with Crippen LogP contribution in [0.1, 0.15) is 25.8 Å². The van der Waals surface area contributed by atoms with Gasteiger partial charge in [-0.05, 0) is 36.6 Å². The van der Waals surface area contributed by atoms with Gasteiger partial charge in [-0.1, -0.05) is 13.8 Å². The highest BCUT2D eigenvalue weighted by atomic mass is 32.2. The van der Waals surface area contributed by atoms with Gasteiger partial charge in [0.1, 0.15) is 18.2 Å². The summed E-state index contributed by atoms with van der Waals surface area (Å²) >= 11 is 0. The van der Waals surface area contributed by atoms with Crippen LogP contribution in [0.3, 0.4) is 0 Å². The summed E-state index contributed by atoms with van der Waals surface area (Å²) in [5, 5.41) is 0. The summed E-state index contributed by atoms with van der Waals surface area (Å²) in [4.78, 5) is 0. The first-order valence-electron chi connectivity index (χ1n) is 6.75. The Labute approximate surface area is 120 Å². The highest BCUT2D eigenvalue weighted by Crippen LogP contribution is 2.21. The summed E-state index contributed by atoms with van der Waals surface area (Å²) in [6.45, 7) is 3.62. The molecule has 1 aromatic rings. The van der Waals surface area contributed by atoms with E-state index in [1.165, 1.54) is 18.2 Å². The first-order chi connectivity index (χ1) is 9.38. The maximum atomic E-state index is 13.3. The minimum Gasteiger partial charge on any atom is -0.492 e. The summed E-state index contributed by atoms with van der Waals surface area (Å²) in [7, 11) is -3.06. The molecule has 0 saturated carbocycles. The number of ether oxygens (including phenoxy) is 1. The molecule has 0 fully saturated rings. The smallest absolute Gasteiger partial charge is 0.153 e. The van der Waals surface area contributed by atoms with Gasteiger partial charge in [-0.25, -0.2) is 12.8 Å². The second-order valence-electron chi connectivity index (χ2n) is 4.71. The lowest BCUT2D eigenvalue weighted by atomic mass is 10.0. The van der Waals surface area contributed by atoms with Crippen LogP contribution in [0.2, 0.25) is 0 Å². The Morgan fingerprint density at radius 3 is 2.65 bits per heavy atom. The van der Waals surface area contributed by atoms with Gasteiger partial charge in [0.25, 0.3) is 0 Å². The lowest BCUT2D eigenvalue weighted by Crippen LogP contribution is -2.22. The topological polar surface area (TPSA) is 69.4 Å². The van der Waals surface area contributed by atoms with E-state index in [2.05, 4.69) is 0 Å². The Hall–Kier alpha value is -1.14. The molecule has 1 atom stereocenters. The molecule has 2 N–H and O–H groups in total. The zero-order valence-corrected chi connectivity index (χ0v) is 12.7. The maximum absolute atomic E-state index is 13.3. The molecule has 0 saturated heterocycles. The van der Waals surface area contributed by atoms with E-state index in [9.17, 15) is 12.8 Å². The normalized spacial score (nSPS) is 13.2. The lowest BCUT2D eigenvalue weighted by Gasteiger charge is -2.14. The van der Waals surface area contributed by atoms with Gasteiger partial charge < -0.3 is 10.5 Å². The molecular formula is C14H22FNO3S. The molecule has 4 nitrogen and oxygen atoms in total. The molecule has 1 rings (SSSR count). The molecule has 1 unspecified atom stereocenters. The van der Waals surface area contributed by atoms with E-state index in [4.69, 9.17) is 10.5 Å². The van der Waals surface area contributed by atoms with Crippen molar-refractivity contribution in [2.24, 2.45) is 5.73 Å². The fourth-order valence-corrected chi connectivity index (χ4v) is 2.32. The third-order valence-electron chi connectivity index (χ3n) is 3.12. The fourth-order valence-electron chi connectivity index (χ4n) is 1.70. The Morgan fingerprint density at radius 2 is 2.05 bits per heavy atom. The lowest BCUT2D eigenvalue weighted by molar-refractivity contribution is 0.335. The van der Waals surface area contributed by atoms with Gasteiger partial charge in [0.15, 0.2) is 9.84 Å². The average Bonchev–Trinajstić information content (AvgIpc) is 2.41. The van der Waals surface area contributed by atoms with E-state index in [-0.39, 0.29) is 30.0 Å². The number of nitrogens with two attached hydrogens (primary N) is 1. The van der Waals surface area contributed by atoms with Crippen LogP contribution in [0.25, 0.3) is 0 Å². The van der Waals surface area contributed by atoms with Crippen LogP contribution in [0.4, 0.5) is 4.39 Å². The average molecular weight is 303 g/mol. The number of rotatable bonds is 8. The van der Waals surface area contributed by atoms with E-state index in [0.717, 1.165) is 6.42 Å². The molecule has 1 aromatic carbocycles. The number of sulfone groups is 1. The quantitative estimate of drug-likeness (QED) is 0.796. The van der Waals surface area contributed by atoms with Crippen LogP contribution < -0.4 is 10.5 Å². The number of hydrogen-bond acceptors (Lipinski definition) is 4. The van der Waals surface area contributed by atoms with Gasteiger partial charge in [-0.15, -0.1) is 0 Å². The van der Waals surface area contributed by atoms with Gasteiger partial charge >= 0.3 is 0 Å². The van der Waals surface area contributed by atoms with Crippen LogP contribution in [-0.4, -0.2) is 32.6 Å². The highest BCUT2D eigenvalue weighted by molar-refractivity contribution is 7.91. The predicted molar refractivity (Wildman–Crippen MR) is 78.2 cm³/mol. The standard InChI is InChI=1S/C14H22FNO3S/c1-3-13(16)10-11-9-12(15)5-6-14(11)19-7-8-20(17,18)4-2/h5-6,9,13H,3-4,7-8,10,16H2,1-2H3. The van der Waals surface area contributed by atoms with Gasteiger partial charge in [-0.3, -0.25) is 0 Å². The van der Waals surface area contributed by atoms with Gasteiger partial charge in [0, 0.05) is 11.8 Å². The molecule has 0 heterocycles. The van der Waals surface area contributed by atoms with Crippen molar-refractivity contribution in [2.75, 3.05) is 18.1 Å². The van der Waals surface area contributed by atoms with Crippen molar-refractivity contribution in [3.63, 3.8) is 0 Å². The van der Waals surface area contributed by atoms with Crippen molar-refractivity contribution < 1.29 is 17.5 Å². The Bertz CT molecular complexity index is 531. The monoisotopic (exact) mass is 303 g/mol. The molecule has 0 bridgehead atoms. The van der Waals surface area contributed by atoms with Crippen molar-refractivity contribution in [1.82, 2.24) is 0 Å². The van der Waals surface area contributed by atoms with Crippen molar-refractivity contribution in [2.45, 2.75) is 32.7 Å². The van der Waals surface area contributed by atoms with Crippen LogP contribution in [0.15, 0.2) is 18.2 Å². The summed E-state index contributed by atoms with van der Waals surface area (Å²) in [5.41, 5.74) is 6.54. The van der Waals surface area contributed by atoms with E-state index in [0.29, 0.717) is 17.7 Å². The first-order valence-corrected chi connectivity index (χ1v) is 8.57. The molecule has 20 heavy (non-hydrogen) atoms. The summed E-state index contributed by atoms with van der Waals surface area (Å²) < 4.78 is 41.5. The Kier molecular flexibility index (Phi) is 6.42. The Morgan fingerprint density at radius 1 is 1.35 bits per heavy atom. The largest absolute Gasteiger partial charge is 0.492 e. The van der Waals surface area contributed by atoms with Crippen LogP contribution in [0.5, 0.6) is 5.75 Å². The van der Waals surface area contributed by atoms with Crippen molar-refractivity contribution in [3.05, 3.63) is 29.6 Å². The molecule has 114 valence electrons. The number of benzene rings is 1. The van der Waals surface area contributed by atoms with E-state index in [1.54, 1.807) is 6.92 Å². The maximum Gasteiger partial charge on any atom is 0.153 e. The van der Waals surface area contributed by atoms with E-state index >= 15 is 0 Å². The molecule has 0 aromatic heterocycles. The van der Waals surface area contributed by atoms with Crippen LogP contribution in [-0.2, 0) is 16.3 Å². The second kappa shape index (κ2) is 7.59. The van der Waals surface area contributed by atoms with Crippen LogP contribution in [0, 0.1) is 5.82 Å². The van der Waals surface area contributed by atoms with Crippen LogP contribution >= 0.6 is 0 Å². The van der Waals surface area contributed by atoms with Crippen molar-refractivity contribution >= 4 is 9.84 Å². The minimum absolute atomic E-state index is 0.0415. The molecule has 6 heteroatoms. The minimum atomic E-state index is -3.06. The molecule has 0 amide bonds. The zero-order chi connectivity index (χ0) is 15.2. The van der Waals surface area contributed by atoms with E-state index < -0.39 is 9.84 Å². The third kappa shape index (κ3) is 5.46. The molecule has 0 spiro atoms. The molecule has 0 aliphatic heterocycles. The summed E-state index contributed by atoms with van der Waals surface area (Å²) in [6.07, 6.45) is 1.28. The molecule has 0 aliphatic rings. The van der Waals surface area contributed by atoms with Gasteiger partial charge in [0.05, 0.1) is 5.75 Å². The van der Waals surface area contributed by atoms with Crippen molar-refractivity contribution in [1.29, 1.82) is 0 Å². The Balaban J connectivity index is 2.74. The predicted octanol–water partition coefficient (Wildman–Crippen LogP) is 1.92. The highest BCUT2D eigenvalue weighted by Gasteiger charge is 2.12. The molecule has 0 aliphatic carbocycles. The third-order valence-corrected chi connectivity index (χ3v) is 4.79. The summed E-state index contributed by atoms with van der Waals surface area (Å²) in [5.74, 6) is 0.200. The SMILES string of the molecule is CCC(N)Cc1cc(F)ccc1OCCS(=O)(=O)CC. The van der Waals surface area contributed by atoms with Gasteiger partial charge in [0.2, 0.25) is 0 Å². The number of halogens is 1. The molecule has 0 radical (unpaired) electrons. The summed E-state index contributed by atoms with van der Waals surface area (Å²) in [6, 6.07) is 4.13. The molecular weight excluding hydrogens is 281 g/mol. The van der Waals surface area contributed by atoms with Crippen molar-refractivity contribution in [3.8, 4) is 5.75 Å². The van der Waals surface area contributed by atoms with E-state index in [1.807, 2.05) is 6.92 Å². The second-order valence-corrected chi connectivity index (χ2v) is 7.18. The fraction of sp³-hybridized carbons (Fsp3) is 0.571. The number of hydrogen-bond donors (Lipinski definition) is 1.